The molecule has 0 saturated carbocycles. The molecule has 0 aliphatic heterocycles. The minimum Gasteiger partial charge on any atom is -0.320 e. The van der Waals surface area contributed by atoms with E-state index in [2.05, 4.69) is 20.3 Å². The lowest BCUT2D eigenvalue weighted by Crippen LogP contribution is -2.17. The Hall–Kier alpha value is -2.46. The van der Waals surface area contributed by atoms with Crippen molar-refractivity contribution < 1.29 is 18.0 Å². The van der Waals surface area contributed by atoms with Gasteiger partial charge in [-0.05, 0) is 30.7 Å². The van der Waals surface area contributed by atoms with Crippen LogP contribution in [0.15, 0.2) is 46.9 Å². The quantitative estimate of drug-likeness (QED) is 0.496. The predicted molar refractivity (Wildman–Crippen MR) is 108 cm³/mol. The molecule has 1 unspecified atom stereocenters. The van der Waals surface area contributed by atoms with Gasteiger partial charge in [-0.1, -0.05) is 13.8 Å². The van der Waals surface area contributed by atoms with Crippen LogP contribution in [0.3, 0.4) is 0 Å². The highest BCUT2D eigenvalue weighted by atomic mass is 32.2. The average molecular weight is 439 g/mol. The van der Waals surface area contributed by atoms with Crippen LogP contribution in [0.25, 0.3) is 10.8 Å². The number of hydrogen-bond acceptors (Lipinski definition) is 6. The highest BCUT2D eigenvalue weighted by Crippen LogP contribution is 2.38. The SMILES string of the molecule is CCC(C)Sc1ccc(NC(=O)c2csc(-c3ncccn3)n2)c(C(F)(F)F)c1. The molecule has 5 nitrogen and oxygen atoms in total. The van der Waals surface area contributed by atoms with Crippen LogP contribution in [0.1, 0.15) is 36.3 Å². The van der Waals surface area contributed by atoms with Crippen molar-refractivity contribution in [2.45, 2.75) is 36.6 Å². The van der Waals surface area contributed by atoms with Crippen molar-refractivity contribution in [2.24, 2.45) is 0 Å². The van der Waals surface area contributed by atoms with E-state index in [0.29, 0.717) is 15.7 Å². The number of carbonyl (C=O) groups excluding carboxylic acids is 1. The highest BCUT2D eigenvalue weighted by molar-refractivity contribution is 7.99. The molecule has 1 N–H and O–H groups in total. The van der Waals surface area contributed by atoms with E-state index in [0.717, 1.165) is 23.8 Å². The second-order valence-corrected chi connectivity index (χ2v) is 8.48. The standard InChI is InChI=1S/C19H17F3N4OS2/c1-3-11(2)29-12-5-6-14(13(9-12)19(20,21)22)25-17(27)15-10-28-18(26-15)16-23-7-4-8-24-16/h4-11H,3H2,1-2H3,(H,25,27). The summed E-state index contributed by atoms with van der Waals surface area (Å²) in [5.41, 5.74) is -1.19. The Morgan fingerprint density at radius 2 is 2.00 bits per heavy atom. The van der Waals surface area contributed by atoms with E-state index in [-0.39, 0.29) is 16.6 Å². The molecule has 0 radical (unpaired) electrons. The first kappa shape index (κ1) is 21.3. The van der Waals surface area contributed by atoms with Crippen LogP contribution in [0, 0.1) is 0 Å². The first-order valence-electron chi connectivity index (χ1n) is 8.70. The fourth-order valence-corrected chi connectivity index (χ4v) is 4.04. The lowest BCUT2D eigenvalue weighted by molar-refractivity contribution is -0.137. The number of thioether (sulfide) groups is 1. The third kappa shape index (κ3) is 5.33. The highest BCUT2D eigenvalue weighted by Gasteiger charge is 2.34. The van der Waals surface area contributed by atoms with E-state index in [4.69, 9.17) is 0 Å². The zero-order valence-electron chi connectivity index (χ0n) is 15.5. The van der Waals surface area contributed by atoms with Crippen LogP contribution < -0.4 is 5.32 Å². The van der Waals surface area contributed by atoms with Gasteiger partial charge < -0.3 is 5.32 Å². The molecule has 0 aliphatic rings. The second-order valence-electron chi connectivity index (χ2n) is 6.11. The van der Waals surface area contributed by atoms with E-state index in [9.17, 15) is 18.0 Å². The maximum atomic E-state index is 13.5. The molecule has 0 bridgehead atoms. The van der Waals surface area contributed by atoms with Gasteiger partial charge in [0.2, 0.25) is 0 Å². The number of alkyl halides is 3. The number of hydrogen-bond donors (Lipinski definition) is 1. The molecule has 2 aromatic heterocycles. The largest absolute Gasteiger partial charge is 0.418 e. The summed E-state index contributed by atoms with van der Waals surface area (Å²) in [6.07, 6.45) is -0.683. The summed E-state index contributed by atoms with van der Waals surface area (Å²) in [6.45, 7) is 3.92. The summed E-state index contributed by atoms with van der Waals surface area (Å²) in [4.78, 5) is 25.2. The van der Waals surface area contributed by atoms with Gasteiger partial charge in [-0.2, -0.15) is 13.2 Å². The summed E-state index contributed by atoms with van der Waals surface area (Å²) >= 11 is 2.50. The molecule has 3 rings (SSSR count). The fourth-order valence-electron chi connectivity index (χ4n) is 2.33. The molecule has 0 aliphatic carbocycles. The van der Waals surface area contributed by atoms with Gasteiger partial charge in [0.05, 0.1) is 11.3 Å². The summed E-state index contributed by atoms with van der Waals surface area (Å²) < 4.78 is 40.6. The molecule has 0 fully saturated rings. The van der Waals surface area contributed by atoms with Gasteiger partial charge in [0.1, 0.15) is 5.69 Å². The van der Waals surface area contributed by atoms with Crippen LogP contribution in [0.2, 0.25) is 0 Å². The number of amides is 1. The van der Waals surface area contributed by atoms with Crippen LogP contribution in [-0.4, -0.2) is 26.1 Å². The fraction of sp³-hybridized carbons (Fsp3) is 0.263. The van der Waals surface area contributed by atoms with Crippen molar-refractivity contribution in [3.63, 3.8) is 0 Å². The number of anilines is 1. The van der Waals surface area contributed by atoms with Crippen LogP contribution in [0.4, 0.5) is 18.9 Å². The molecule has 3 aromatic rings. The molecule has 1 aromatic carbocycles. The number of halogens is 3. The molecule has 0 saturated heterocycles. The second kappa shape index (κ2) is 8.91. The summed E-state index contributed by atoms with van der Waals surface area (Å²) in [7, 11) is 0. The van der Waals surface area contributed by atoms with E-state index in [1.807, 2.05) is 13.8 Å². The Morgan fingerprint density at radius 1 is 1.28 bits per heavy atom. The van der Waals surface area contributed by atoms with Crippen molar-refractivity contribution in [1.82, 2.24) is 15.0 Å². The Bertz CT molecular complexity index is 993. The van der Waals surface area contributed by atoms with E-state index in [1.165, 1.54) is 35.6 Å². The average Bonchev–Trinajstić information content (AvgIpc) is 3.19. The predicted octanol–water partition coefficient (Wildman–Crippen LogP) is 5.76. The summed E-state index contributed by atoms with van der Waals surface area (Å²) in [6, 6.07) is 5.56. The minimum absolute atomic E-state index is 0.00337. The van der Waals surface area contributed by atoms with Crippen molar-refractivity contribution >= 4 is 34.7 Å². The first-order chi connectivity index (χ1) is 13.8. The number of carbonyl (C=O) groups is 1. The first-order valence-corrected chi connectivity index (χ1v) is 10.5. The zero-order chi connectivity index (χ0) is 21.0. The summed E-state index contributed by atoms with van der Waals surface area (Å²) in [5.74, 6) is -0.379. The van der Waals surface area contributed by atoms with Gasteiger partial charge in [-0.15, -0.1) is 23.1 Å². The van der Waals surface area contributed by atoms with Gasteiger partial charge in [-0.3, -0.25) is 4.79 Å². The minimum atomic E-state index is -4.60. The van der Waals surface area contributed by atoms with Gasteiger partial charge in [0, 0.05) is 27.9 Å². The molecular formula is C19H17F3N4OS2. The normalized spacial score (nSPS) is 12.6. The zero-order valence-corrected chi connectivity index (χ0v) is 17.2. The molecule has 1 atom stereocenters. The monoisotopic (exact) mass is 438 g/mol. The number of aromatic nitrogens is 3. The lowest BCUT2D eigenvalue weighted by atomic mass is 10.1. The van der Waals surface area contributed by atoms with Gasteiger partial charge in [0.25, 0.3) is 5.91 Å². The number of thiazole rings is 1. The van der Waals surface area contributed by atoms with Crippen molar-refractivity contribution in [3.05, 3.63) is 53.3 Å². The van der Waals surface area contributed by atoms with Crippen molar-refractivity contribution in [2.75, 3.05) is 5.32 Å². The van der Waals surface area contributed by atoms with Crippen molar-refractivity contribution in [3.8, 4) is 10.8 Å². The smallest absolute Gasteiger partial charge is 0.320 e. The number of benzene rings is 1. The Kier molecular flexibility index (Phi) is 6.53. The van der Waals surface area contributed by atoms with E-state index < -0.39 is 17.6 Å². The summed E-state index contributed by atoms with van der Waals surface area (Å²) in [5, 5.41) is 4.38. The Labute approximate surface area is 173 Å². The molecule has 29 heavy (non-hydrogen) atoms. The van der Waals surface area contributed by atoms with Crippen LogP contribution >= 0.6 is 23.1 Å². The van der Waals surface area contributed by atoms with Gasteiger partial charge >= 0.3 is 6.18 Å². The Morgan fingerprint density at radius 3 is 2.66 bits per heavy atom. The van der Waals surface area contributed by atoms with Gasteiger partial charge in [-0.25, -0.2) is 15.0 Å². The number of rotatable bonds is 6. The van der Waals surface area contributed by atoms with E-state index >= 15 is 0 Å². The van der Waals surface area contributed by atoms with Crippen LogP contribution in [0.5, 0.6) is 0 Å². The van der Waals surface area contributed by atoms with Gasteiger partial charge in [0.15, 0.2) is 10.8 Å². The van der Waals surface area contributed by atoms with Crippen molar-refractivity contribution in [1.29, 1.82) is 0 Å². The lowest BCUT2D eigenvalue weighted by Gasteiger charge is -2.16. The van der Waals surface area contributed by atoms with Crippen LogP contribution in [-0.2, 0) is 6.18 Å². The number of nitrogens with one attached hydrogen (secondary N) is 1. The maximum absolute atomic E-state index is 13.5. The Balaban J connectivity index is 1.83. The topological polar surface area (TPSA) is 67.8 Å². The molecular weight excluding hydrogens is 421 g/mol. The molecule has 152 valence electrons. The third-order valence-electron chi connectivity index (χ3n) is 3.95. The maximum Gasteiger partial charge on any atom is 0.418 e. The molecule has 10 heteroatoms. The molecule has 0 spiro atoms. The van der Waals surface area contributed by atoms with E-state index in [1.54, 1.807) is 12.1 Å². The third-order valence-corrected chi connectivity index (χ3v) is 6.05. The number of nitrogens with zero attached hydrogens (tertiary/aromatic N) is 3. The molecule has 1 amide bonds. The molecule has 2 heterocycles.